The van der Waals surface area contributed by atoms with E-state index in [2.05, 4.69) is 12.1 Å². The first-order chi connectivity index (χ1) is 10.6. The fourth-order valence-electron chi connectivity index (χ4n) is 3.80. The molecule has 1 N–H and O–H groups in total. The summed E-state index contributed by atoms with van der Waals surface area (Å²) in [7, 11) is 0. The maximum atomic E-state index is 9.76. The number of hydrogen-bond acceptors (Lipinski definition) is 4. The third kappa shape index (κ3) is 3.06. The van der Waals surface area contributed by atoms with Gasteiger partial charge in [-0.05, 0) is 32.3 Å². The molecule has 0 bridgehead atoms. The summed E-state index contributed by atoms with van der Waals surface area (Å²) in [5.41, 5.74) is 0.632. The van der Waals surface area contributed by atoms with Crippen LogP contribution in [0.2, 0.25) is 0 Å². The van der Waals surface area contributed by atoms with E-state index in [1.165, 1.54) is 0 Å². The van der Waals surface area contributed by atoms with Crippen LogP contribution in [0.1, 0.15) is 45.1 Å². The Morgan fingerprint density at radius 1 is 1.23 bits per heavy atom. The highest BCUT2D eigenvalue weighted by Gasteiger charge is 2.58. The lowest BCUT2D eigenvalue weighted by Crippen LogP contribution is -2.55. The van der Waals surface area contributed by atoms with Gasteiger partial charge in [0.25, 0.3) is 0 Å². The van der Waals surface area contributed by atoms with Crippen LogP contribution in [0.25, 0.3) is 0 Å². The monoisotopic (exact) mass is 306 g/mol. The molecule has 1 unspecified atom stereocenters. The van der Waals surface area contributed by atoms with E-state index in [0.717, 1.165) is 31.2 Å². The van der Waals surface area contributed by atoms with Crippen LogP contribution in [0.15, 0.2) is 30.3 Å². The van der Waals surface area contributed by atoms with Crippen LogP contribution in [0.3, 0.4) is 0 Å². The molecule has 0 aromatic heterocycles. The largest absolute Gasteiger partial charge is 0.394 e. The van der Waals surface area contributed by atoms with Gasteiger partial charge in [-0.15, -0.1) is 0 Å². The van der Waals surface area contributed by atoms with Crippen molar-refractivity contribution in [3.05, 3.63) is 35.9 Å². The molecule has 2 fully saturated rings. The number of benzene rings is 1. The van der Waals surface area contributed by atoms with Crippen molar-refractivity contribution in [2.75, 3.05) is 6.61 Å². The molecule has 3 atom stereocenters. The molecule has 122 valence electrons. The molecule has 2 aliphatic rings. The smallest absolute Gasteiger partial charge is 0.164 e. The third-order valence-electron chi connectivity index (χ3n) is 4.70. The van der Waals surface area contributed by atoms with Gasteiger partial charge in [0, 0.05) is 0 Å². The summed E-state index contributed by atoms with van der Waals surface area (Å²) in [6.45, 7) is 4.35. The van der Waals surface area contributed by atoms with Gasteiger partial charge in [0.1, 0.15) is 11.7 Å². The van der Waals surface area contributed by atoms with Crippen LogP contribution in [-0.4, -0.2) is 35.3 Å². The summed E-state index contributed by atoms with van der Waals surface area (Å²) in [5, 5.41) is 9.76. The SMILES string of the molecule is CC1(C)O[C@H](CO)[C@]2(CCCCC2OCc2ccccc2)O1. The second kappa shape index (κ2) is 6.28. The van der Waals surface area contributed by atoms with E-state index in [0.29, 0.717) is 6.61 Å². The van der Waals surface area contributed by atoms with Crippen molar-refractivity contribution in [3.8, 4) is 0 Å². The molecule has 4 nitrogen and oxygen atoms in total. The lowest BCUT2D eigenvalue weighted by molar-refractivity contribution is -0.204. The molecule has 22 heavy (non-hydrogen) atoms. The van der Waals surface area contributed by atoms with Crippen molar-refractivity contribution in [3.63, 3.8) is 0 Å². The Kier molecular flexibility index (Phi) is 4.55. The summed E-state index contributed by atoms with van der Waals surface area (Å²) in [5.74, 6) is -0.668. The van der Waals surface area contributed by atoms with Crippen LogP contribution >= 0.6 is 0 Å². The number of ether oxygens (including phenoxy) is 3. The van der Waals surface area contributed by atoms with Gasteiger partial charge >= 0.3 is 0 Å². The van der Waals surface area contributed by atoms with Gasteiger partial charge in [-0.1, -0.05) is 43.2 Å². The summed E-state index contributed by atoms with van der Waals surface area (Å²) in [6.07, 6.45) is 3.68. The fourth-order valence-corrected chi connectivity index (χ4v) is 3.80. The zero-order valence-corrected chi connectivity index (χ0v) is 13.5. The van der Waals surface area contributed by atoms with Gasteiger partial charge in [-0.25, -0.2) is 0 Å². The van der Waals surface area contributed by atoms with Gasteiger partial charge in [0.05, 0.1) is 19.3 Å². The fraction of sp³-hybridized carbons (Fsp3) is 0.667. The quantitative estimate of drug-likeness (QED) is 0.929. The highest BCUT2D eigenvalue weighted by molar-refractivity contribution is 5.14. The van der Waals surface area contributed by atoms with Gasteiger partial charge < -0.3 is 19.3 Å². The molecule has 0 radical (unpaired) electrons. The normalized spacial score (nSPS) is 34.1. The second-order valence-corrected chi connectivity index (χ2v) is 6.78. The molecule has 1 aromatic rings. The minimum Gasteiger partial charge on any atom is -0.394 e. The van der Waals surface area contributed by atoms with Crippen LogP contribution < -0.4 is 0 Å². The van der Waals surface area contributed by atoms with E-state index in [-0.39, 0.29) is 18.8 Å². The summed E-state index contributed by atoms with van der Waals surface area (Å²) < 4.78 is 18.4. The Bertz CT molecular complexity index is 487. The number of rotatable bonds is 4. The highest BCUT2D eigenvalue weighted by Crippen LogP contribution is 2.46. The van der Waals surface area contributed by atoms with E-state index in [4.69, 9.17) is 14.2 Å². The Morgan fingerprint density at radius 3 is 2.73 bits per heavy atom. The average molecular weight is 306 g/mol. The number of aliphatic hydroxyl groups excluding tert-OH is 1. The van der Waals surface area contributed by atoms with E-state index >= 15 is 0 Å². The van der Waals surface area contributed by atoms with Crippen molar-refractivity contribution in [2.24, 2.45) is 0 Å². The molecule has 1 saturated carbocycles. The van der Waals surface area contributed by atoms with Gasteiger partial charge in [-0.2, -0.15) is 0 Å². The van der Waals surface area contributed by atoms with Crippen LogP contribution in [-0.2, 0) is 20.8 Å². The first-order valence-corrected chi connectivity index (χ1v) is 8.20. The molecule has 4 heteroatoms. The van der Waals surface area contributed by atoms with Gasteiger partial charge in [0.15, 0.2) is 5.79 Å². The number of hydrogen-bond donors (Lipinski definition) is 1. The Labute approximate surface area is 132 Å². The van der Waals surface area contributed by atoms with Crippen molar-refractivity contribution in [1.29, 1.82) is 0 Å². The van der Waals surface area contributed by atoms with E-state index in [1.54, 1.807) is 0 Å². The first kappa shape index (κ1) is 15.9. The lowest BCUT2D eigenvalue weighted by Gasteiger charge is -2.42. The summed E-state index contributed by atoms with van der Waals surface area (Å²) in [6, 6.07) is 10.2. The molecular formula is C18H26O4. The predicted molar refractivity (Wildman–Crippen MR) is 83.3 cm³/mol. The molecule has 0 amide bonds. The first-order valence-electron chi connectivity index (χ1n) is 8.20. The van der Waals surface area contributed by atoms with Crippen LogP contribution in [0, 0.1) is 0 Å². The molecule has 1 aromatic carbocycles. The molecule has 1 spiro atoms. The molecule has 3 rings (SSSR count). The highest BCUT2D eigenvalue weighted by atomic mass is 16.8. The van der Waals surface area contributed by atoms with Crippen molar-refractivity contribution < 1.29 is 19.3 Å². The minimum atomic E-state index is -0.668. The van der Waals surface area contributed by atoms with E-state index in [9.17, 15) is 5.11 Å². The van der Waals surface area contributed by atoms with Crippen molar-refractivity contribution in [1.82, 2.24) is 0 Å². The summed E-state index contributed by atoms with van der Waals surface area (Å²) in [4.78, 5) is 0. The Balaban J connectivity index is 1.76. The molecule has 1 saturated heterocycles. The minimum absolute atomic E-state index is 0.0331. The van der Waals surface area contributed by atoms with E-state index < -0.39 is 11.4 Å². The average Bonchev–Trinajstić information content (AvgIpc) is 2.78. The van der Waals surface area contributed by atoms with E-state index in [1.807, 2.05) is 32.0 Å². The number of aliphatic hydroxyl groups is 1. The zero-order chi connectivity index (χ0) is 15.6. The molecular weight excluding hydrogens is 280 g/mol. The lowest BCUT2D eigenvalue weighted by atomic mass is 9.78. The third-order valence-corrected chi connectivity index (χ3v) is 4.70. The molecule has 1 heterocycles. The Morgan fingerprint density at radius 2 is 2.00 bits per heavy atom. The van der Waals surface area contributed by atoms with Crippen molar-refractivity contribution in [2.45, 2.75) is 69.7 Å². The standard InChI is InChI=1S/C18H26O4/c1-17(2)21-16(12-19)18(22-17)11-7-6-10-15(18)20-13-14-8-4-3-5-9-14/h3-5,8-9,15-16,19H,6-7,10-13H2,1-2H3/t15?,16-,18-/m1/s1. The van der Waals surface area contributed by atoms with Crippen molar-refractivity contribution >= 4 is 0 Å². The van der Waals surface area contributed by atoms with Crippen LogP contribution in [0.5, 0.6) is 0 Å². The van der Waals surface area contributed by atoms with Gasteiger partial charge in [-0.3, -0.25) is 0 Å². The maximum Gasteiger partial charge on any atom is 0.164 e. The Hall–Kier alpha value is -0.940. The molecule has 1 aliphatic heterocycles. The van der Waals surface area contributed by atoms with Crippen LogP contribution in [0.4, 0.5) is 0 Å². The predicted octanol–water partition coefficient (Wildman–Crippen LogP) is 3.03. The maximum absolute atomic E-state index is 9.76. The van der Waals surface area contributed by atoms with Gasteiger partial charge in [0.2, 0.25) is 0 Å². The zero-order valence-electron chi connectivity index (χ0n) is 13.5. The topological polar surface area (TPSA) is 47.9 Å². The second-order valence-electron chi connectivity index (χ2n) is 6.78. The summed E-state index contributed by atoms with van der Waals surface area (Å²) >= 11 is 0. The molecule has 1 aliphatic carbocycles.